The molecule has 0 spiro atoms. The number of carboxylic acids is 1. The molecule has 0 aromatic carbocycles. The molecule has 23 heavy (non-hydrogen) atoms. The maximum atomic E-state index is 12.1. The van der Waals surface area contributed by atoms with Crippen LogP contribution in [0.3, 0.4) is 0 Å². The van der Waals surface area contributed by atoms with E-state index in [0.717, 1.165) is 25.7 Å². The van der Waals surface area contributed by atoms with Crippen LogP contribution in [0.5, 0.6) is 0 Å². The van der Waals surface area contributed by atoms with Gasteiger partial charge in [0, 0.05) is 12.5 Å². The van der Waals surface area contributed by atoms with Gasteiger partial charge in [-0.15, -0.1) is 11.8 Å². The summed E-state index contributed by atoms with van der Waals surface area (Å²) < 4.78 is 36.2. The Balaban J connectivity index is 2.40. The summed E-state index contributed by atoms with van der Waals surface area (Å²) in [5, 5.41) is 11.5. The Kier molecular flexibility index (Phi) is 8.79. The molecule has 134 valence electrons. The third-order valence-corrected chi connectivity index (χ3v) is 4.91. The molecule has 1 aliphatic rings. The van der Waals surface area contributed by atoms with Gasteiger partial charge in [0.15, 0.2) is 0 Å². The van der Waals surface area contributed by atoms with Crippen LogP contribution in [0.1, 0.15) is 51.4 Å². The van der Waals surface area contributed by atoms with Crippen molar-refractivity contribution in [3.63, 3.8) is 0 Å². The Bertz CT molecular complexity index is 385. The molecule has 1 aliphatic carbocycles. The number of alkyl halides is 3. The maximum absolute atomic E-state index is 12.1. The summed E-state index contributed by atoms with van der Waals surface area (Å²) in [6.07, 6.45) is 2.34. The number of carboxylic acid groups (broad SMARTS) is 1. The van der Waals surface area contributed by atoms with Crippen molar-refractivity contribution in [2.24, 2.45) is 5.92 Å². The molecule has 0 aliphatic heterocycles. The molecule has 0 aromatic heterocycles. The number of carbonyl (C=O) groups is 2. The lowest BCUT2D eigenvalue weighted by Crippen LogP contribution is -2.38. The number of rotatable bonds is 9. The van der Waals surface area contributed by atoms with E-state index in [1.54, 1.807) is 0 Å². The van der Waals surface area contributed by atoms with E-state index in [9.17, 15) is 22.8 Å². The molecule has 1 atom stereocenters. The minimum absolute atomic E-state index is 0.0483. The van der Waals surface area contributed by atoms with Crippen LogP contribution in [0.4, 0.5) is 13.2 Å². The molecule has 8 heteroatoms. The fourth-order valence-corrected chi connectivity index (χ4v) is 3.50. The van der Waals surface area contributed by atoms with Gasteiger partial charge in [0.1, 0.15) is 0 Å². The second-order valence-electron chi connectivity index (χ2n) is 6.04. The molecular weight excluding hydrogens is 331 g/mol. The van der Waals surface area contributed by atoms with Gasteiger partial charge in [-0.3, -0.25) is 9.59 Å². The van der Waals surface area contributed by atoms with Gasteiger partial charge in [-0.05, 0) is 18.8 Å². The third kappa shape index (κ3) is 10.5. The molecular formula is C15H24F3NO3S. The second kappa shape index (κ2) is 10.1. The van der Waals surface area contributed by atoms with Crippen molar-refractivity contribution in [2.75, 3.05) is 11.5 Å². The van der Waals surface area contributed by atoms with Gasteiger partial charge in [-0.25, -0.2) is 0 Å². The van der Waals surface area contributed by atoms with Crippen molar-refractivity contribution >= 4 is 23.6 Å². The highest BCUT2D eigenvalue weighted by molar-refractivity contribution is 8.00. The summed E-state index contributed by atoms with van der Waals surface area (Å²) in [4.78, 5) is 22.5. The van der Waals surface area contributed by atoms with Crippen molar-refractivity contribution < 1.29 is 27.9 Å². The highest BCUT2D eigenvalue weighted by atomic mass is 32.2. The van der Waals surface area contributed by atoms with Gasteiger partial charge >= 0.3 is 12.1 Å². The van der Waals surface area contributed by atoms with Gasteiger partial charge in [-0.1, -0.05) is 32.1 Å². The molecule has 2 N–H and O–H groups in total. The van der Waals surface area contributed by atoms with Gasteiger partial charge < -0.3 is 10.4 Å². The maximum Gasteiger partial charge on any atom is 0.397 e. The molecule has 0 saturated heterocycles. The van der Waals surface area contributed by atoms with Gasteiger partial charge in [0.25, 0.3) is 0 Å². The summed E-state index contributed by atoms with van der Waals surface area (Å²) in [6.45, 7) is 0. The lowest BCUT2D eigenvalue weighted by atomic mass is 9.84. The van der Waals surface area contributed by atoms with E-state index in [2.05, 4.69) is 5.32 Å². The number of amides is 1. The molecule has 0 heterocycles. The zero-order valence-corrected chi connectivity index (χ0v) is 13.8. The molecule has 1 rings (SSSR count). The Morgan fingerprint density at radius 3 is 2.43 bits per heavy atom. The average molecular weight is 355 g/mol. The van der Waals surface area contributed by atoms with Crippen LogP contribution in [0.2, 0.25) is 0 Å². The molecule has 0 radical (unpaired) electrons. The first-order valence-corrected chi connectivity index (χ1v) is 9.07. The number of nitrogens with one attached hydrogen (secondary N) is 1. The highest BCUT2D eigenvalue weighted by Gasteiger charge is 2.27. The lowest BCUT2D eigenvalue weighted by molar-refractivity contribution is -0.137. The topological polar surface area (TPSA) is 66.4 Å². The third-order valence-electron chi connectivity index (χ3n) is 3.91. The van der Waals surface area contributed by atoms with E-state index in [-0.39, 0.29) is 18.2 Å². The monoisotopic (exact) mass is 355 g/mol. The van der Waals surface area contributed by atoms with Crippen LogP contribution in [-0.2, 0) is 9.59 Å². The van der Waals surface area contributed by atoms with E-state index in [1.165, 1.54) is 6.42 Å². The first-order chi connectivity index (χ1) is 10.8. The number of hydrogen-bond donors (Lipinski definition) is 2. The number of thioether (sulfide) groups is 1. The van der Waals surface area contributed by atoms with Gasteiger partial charge in [0.05, 0.1) is 11.5 Å². The average Bonchev–Trinajstić information content (AvgIpc) is 2.44. The lowest BCUT2D eigenvalue weighted by Gasteiger charge is -2.27. The van der Waals surface area contributed by atoms with Crippen LogP contribution in [0, 0.1) is 5.92 Å². The van der Waals surface area contributed by atoms with Crippen LogP contribution in [0.15, 0.2) is 0 Å². The predicted octanol–water partition coefficient (Wildman–Crippen LogP) is 3.60. The standard InChI is InChI=1S/C15H24F3NO3S/c16-15(17,18)10-23-9-13(20)19-12(6-7-14(21)22)8-11-4-2-1-3-5-11/h11-12H,1-10H2,(H,19,20)(H,21,22). The number of carbonyl (C=O) groups excluding carboxylic acids is 1. The summed E-state index contributed by atoms with van der Waals surface area (Å²) >= 11 is 0.527. The van der Waals surface area contributed by atoms with Crippen molar-refractivity contribution in [3.05, 3.63) is 0 Å². The van der Waals surface area contributed by atoms with Crippen molar-refractivity contribution in [1.29, 1.82) is 0 Å². The number of hydrogen-bond acceptors (Lipinski definition) is 3. The van der Waals surface area contributed by atoms with Crippen molar-refractivity contribution in [3.8, 4) is 0 Å². The largest absolute Gasteiger partial charge is 0.481 e. The fraction of sp³-hybridized carbons (Fsp3) is 0.867. The molecule has 0 bridgehead atoms. The Morgan fingerprint density at radius 1 is 1.22 bits per heavy atom. The van der Waals surface area contributed by atoms with E-state index in [1.807, 2.05) is 0 Å². The molecule has 1 amide bonds. The Hall–Kier alpha value is -0.920. The summed E-state index contributed by atoms with van der Waals surface area (Å²) in [7, 11) is 0. The molecule has 1 fully saturated rings. The van der Waals surface area contributed by atoms with Crippen molar-refractivity contribution in [2.45, 2.75) is 63.6 Å². The Morgan fingerprint density at radius 2 is 1.87 bits per heavy atom. The first-order valence-electron chi connectivity index (χ1n) is 7.92. The van der Waals surface area contributed by atoms with E-state index < -0.39 is 23.8 Å². The number of halogens is 3. The zero-order valence-electron chi connectivity index (χ0n) is 13.0. The molecule has 0 aromatic rings. The summed E-state index contributed by atoms with van der Waals surface area (Å²) in [5.41, 5.74) is 0. The highest BCUT2D eigenvalue weighted by Crippen LogP contribution is 2.28. The fourth-order valence-electron chi connectivity index (χ4n) is 2.90. The van der Waals surface area contributed by atoms with Crippen molar-refractivity contribution in [1.82, 2.24) is 5.32 Å². The first kappa shape index (κ1) is 20.1. The normalized spacial score (nSPS) is 17.7. The predicted molar refractivity (Wildman–Crippen MR) is 83.4 cm³/mol. The molecule has 1 saturated carbocycles. The molecule has 4 nitrogen and oxygen atoms in total. The van der Waals surface area contributed by atoms with E-state index >= 15 is 0 Å². The SMILES string of the molecule is O=C(O)CCC(CC1CCCCC1)NC(=O)CSCC(F)(F)F. The van der Waals surface area contributed by atoms with Crippen LogP contribution in [-0.4, -0.2) is 40.7 Å². The quantitative estimate of drug-likeness (QED) is 0.663. The summed E-state index contributed by atoms with van der Waals surface area (Å²) in [5.74, 6) is -2.23. The van der Waals surface area contributed by atoms with E-state index in [0.29, 0.717) is 30.5 Å². The summed E-state index contributed by atoms with van der Waals surface area (Å²) in [6, 6.07) is -0.270. The van der Waals surface area contributed by atoms with Gasteiger partial charge in [-0.2, -0.15) is 13.2 Å². The van der Waals surface area contributed by atoms with Crippen LogP contribution in [0.25, 0.3) is 0 Å². The Labute approximate surface area is 138 Å². The second-order valence-corrected chi connectivity index (χ2v) is 7.03. The zero-order chi connectivity index (χ0) is 17.3. The smallest absolute Gasteiger partial charge is 0.397 e. The molecule has 1 unspecified atom stereocenters. The number of aliphatic carboxylic acids is 1. The minimum Gasteiger partial charge on any atom is -0.481 e. The van der Waals surface area contributed by atoms with E-state index in [4.69, 9.17) is 5.11 Å². The van der Waals surface area contributed by atoms with Crippen LogP contribution >= 0.6 is 11.8 Å². The minimum atomic E-state index is -4.28. The van der Waals surface area contributed by atoms with Crippen LogP contribution < -0.4 is 5.32 Å². The van der Waals surface area contributed by atoms with Gasteiger partial charge in [0.2, 0.25) is 5.91 Å².